The zero-order valence-electron chi connectivity index (χ0n) is 9.22. The molecule has 1 rings (SSSR count). The topological polar surface area (TPSA) is 92.4 Å². The van der Waals surface area contributed by atoms with E-state index in [1.807, 2.05) is 0 Å². The monoisotopic (exact) mass is 234 g/mol. The molecule has 0 saturated heterocycles. The third-order valence-electron chi connectivity index (χ3n) is 2.18. The highest BCUT2D eigenvalue weighted by molar-refractivity contribution is 5.98. The Kier molecular flexibility index (Phi) is 4.42. The van der Waals surface area contributed by atoms with Crippen LogP contribution in [0.15, 0.2) is 36.9 Å². The Labute approximate surface area is 98.9 Å². The minimum atomic E-state index is -1.03. The molecule has 0 aliphatic rings. The maximum Gasteiger partial charge on any atom is 0.320 e. The molecular weight excluding hydrogens is 220 g/mol. The van der Waals surface area contributed by atoms with Gasteiger partial charge in [0.15, 0.2) is 0 Å². The van der Waals surface area contributed by atoms with Crippen LogP contribution in [-0.2, 0) is 16.0 Å². The van der Waals surface area contributed by atoms with Crippen molar-refractivity contribution in [3.8, 4) is 0 Å². The molecule has 17 heavy (non-hydrogen) atoms. The molecule has 1 aromatic carbocycles. The molecule has 4 N–H and O–H groups in total. The molecule has 5 heteroatoms. The second-order valence-corrected chi connectivity index (χ2v) is 3.54. The molecule has 0 heterocycles. The number of carbonyl (C=O) groups excluding carboxylic acids is 1. The number of carboxylic acids is 1. The Morgan fingerprint density at radius 3 is 2.47 bits per heavy atom. The average Bonchev–Trinajstić information content (AvgIpc) is 2.31. The van der Waals surface area contributed by atoms with Gasteiger partial charge in [0, 0.05) is 5.69 Å². The zero-order chi connectivity index (χ0) is 12.8. The van der Waals surface area contributed by atoms with Crippen molar-refractivity contribution < 1.29 is 14.7 Å². The van der Waals surface area contributed by atoms with Gasteiger partial charge in [0.05, 0.1) is 0 Å². The van der Waals surface area contributed by atoms with Crippen molar-refractivity contribution in [2.24, 2.45) is 5.73 Å². The minimum Gasteiger partial charge on any atom is -0.480 e. The van der Waals surface area contributed by atoms with E-state index in [1.54, 1.807) is 24.3 Å². The van der Waals surface area contributed by atoms with Crippen LogP contribution in [0.4, 0.5) is 5.69 Å². The van der Waals surface area contributed by atoms with E-state index in [0.717, 1.165) is 5.56 Å². The van der Waals surface area contributed by atoms with Crippen LogP contribution >= 0.6 is 0 Å². The minimum absolute atomic E-state index is 0.255. The fourth-order valence-corrected chi connectivity index (χ4v) is 1.26. The van der Waals surface area contributed by atoms with Gasteiger partial charge in [-0.2, -0.15) is 0 Å². The molecule has 0 aromatic heterocycles. The number of hydrogen-bond acceptors (Lipinski definition) is 3. The molecule has 0 radical (unpaired) electrons. The van der Waals surface area contributed by atoms with Crippen molar-refractivity contribution in [3.05, 3.63) is 42.5 Å². The van der Waals surface area contributed by atoms with Crippen molar-refractivity contribution in [2.75, 3.05) is 5.32 Å². The maximum atomic E-state index is 11.0. The summed E-state index contributed by atoms with van der Waals surface area (Å²) in [6.07, 6.45) is 1.43. The predicted octanol–water partition coefficient (Wildman–Crippen LogP) is 0.765. The first-order chi connectivity index (χ1) is 8.02. The van der Waals surface area contributed by atoms with Gasteiger partial charge in [0.2, 0.25) is 5.91 Å². The molecular formula is C12H14N2O3. The summed E-state index contributed by atoms with van der Waals surface area (Å²) in [6, 6.07) is 5.91. The van der Waals surface area contributed by atoms with Crippen molar-refractivity contribution in [1.29, 1.82) is 0 Å². The fourth-order valence-electron chi connectivity index (χ4n) is 1.26. The summed E-state index contributed by atoms with van der Waals surface area (Å²) in [7, 11) is 0. The summed E-state index contributed by atoms with van der Waals surface area (Å²) in [5.74, 6) is -1.32. The summed E-state index contributed by atoms with van der Waals surface area (Å²) >= 11 is 0. The highest BCUT2D eigenvalue weighted by atomic mass is 16.4. The maximum absolute atomic E-state index is 11.0. The SMILES string of the molecule is C=CC(=O)Nc1ccc(CC(N)C(=O)O)cc1. The molecule has 1 unspecified atom stereocenters. The van der Waals surface area contributed by atoms with E-state index in [2.05, 4.69) is 11.9 Å². The van der Waals surface area contributed by atoms with E-state index in [9.17, 15) is 9.59 Å². The van der Waals surface area contributed by atoms with E-state index in [4.69, 9.17) is 10.8 Å². The van der Waals surface area contributed by atoms with Gasteiger partial charge in [-0.15, -0.1) is 0 Å². The summed E-state index contributed by atoms with van der Waals surface area (Å²) in [6.45, 7) is 3.34. The molecule has 1 aromatic rings. The predicted molar refractivity (Wildman–Crippen MR) is 64.6 cm³/mol. The normalized spacial score (nSPS) is 11.6. The smallest absolute Gasteiger partial charge is 0.320 e. The van der Waals surface area contributed by atoms with Crippen LogP contribution in [-0.4, -0.2) is 23.0 Å². The third-order valence-corrected chi connectivity index (χ3v) is 2.18. The van der Waals surface area contributed by atoms with Crippen LogP contribution in [0.25, 0.3) is 0 Å². The summed E-state index contributed by atoms with van der Waals surface area (Å²) in [4.78, 5) is 21.6. The highest BCUT2D eigenvalue weighted by Crippen LogP contribution is 2.10. The number of benzene rings is 1. The average molecular weight is 234 g/mol. The number of amides is 1. The Morgan fingerprint density at radius 2 is 2.00 bits per heavy atom. The summed E-state index contributed by atoms with van der Waals surface area (Å²) < 4.78 is 0. The van der Waals surface area contributed by atoms with Gasteiger partial charge in [-0.05, 0) is 30.2 Å². The molecule has 0 aliphatic carbocycles. The van der Waals surface area contributed by atoms with Crippen molar-refractivity contribution in [2.45, 2.75) is 12.5 Å². The van der Waals surface area contributed by atoms with Crippen molar-refractivity contribution in [3.63, 3.8) is 0 Å². The lowest BCUT2D eigenvalue weighted by atomic mass is 10.1. The number of rotatable bonds is 5. The van der Waals surface area contributed by atoms with Crippen molar-refractivity contribution in [1.82, 2.24) is 0 Å². The Bertz CT molecular complexity index is 426. The van der Waals surface area contributed by atoms with E-state index < -0.39 is 12.0 Å². The first kappa shape index (κ1) is 12.9. The van der Waals surface area contributed by atoms with Gasteiger partial charge in [-0.1, -0.05) is 18.7 Å². The number of carboxylic acid groups (broad SMARTS) is 1. The Balaban J connectivity index is 2.64. The quantitative estimate of drug-likeness (QED) is 0.656. The van der Waals surface area contributed by atoms with E-state index in [0.29, 0.717) is 5.69 Å². The molecule has 0 aliphatic heterocycles. The summed E-state index contributed by atoms with van der Waals surface area (Å²) in [5, 5.41) is 11.2. The number of aliphatic carboxylic acids is 1. The lowest BCUT2D eigenvalue weighted by Crippen LogP contribution is -2.32. The second kappa shape index (κ2) is 5.81. The first-order valence-electron chi connectivity index (χ1n) is 5.03. The largest absolute Gasteiger partial charge is 0.480 e. The van der Waals surface area contributed by atoms with Crippen LogP contribution in [0.3, 0.4) is 0 Å². The molecule has 90 valence electrons. The van der Waals surface area contributed by atoms with Gasteiger partial charge >= 0.3 is 5.97 Å². The Hall–Kier alpha value is -2.14. The van der Waals surface area contributed by atoms with Crippen molar-refractivity contribution >= 4 is 17.6 Å². The van der Waals surface area contributed by atoms with Gasteiger partial charge in [0.1, 0.15) is 6.04 Å². The van der Waals surface area contributed by atoms with Crippen LogP contribution in [0.5, 0.6) is 0 Å². The molecule has 1 amide bonds. The second-order valence-electron chi connectivity index (χ2n) is 3.54. The lowest BCUT2D eigenvalue weighted by Gasteiger charge is -2.07. The van der Waals surface area contributed by atoms with Crippen LogP contribution in [0.2, 0.25) is 0 Å². The standard InChI is InChI=1S/C12H14N2O3/c1-2-11(15)14-9-5-3-8(4-6-9)7-10(13)12(16)17/h2-6,10H,1,7,13H2,(H,14,15)(H,16,17). The van der Waals surface area contributed by atoms with Gasteiger partial charge in [0.25, 0.3) is 0 Å². The first-order valence-corrected chi connectivity index (χ1v) is 5.03. The molecule has 0 bridgehead atoms. The van der Waals surface area contributed by atoms with E-state index >= 15 is 0 Å². The van der Waals surface area contributed by atoms with Gasteiger partial charge in [-0.3, -0.25) is 9.59 Å². The van der Waals surface area contributed by atoms with E-state index in [-0.39, 0.29) is 12.3 Å². The zero-order valence-corrected chi connectivity index (χ0v) is 9.22. The number of anilines is 1. The fraction of sp³-hybridized carbons (Fsp3) is 0.167. The number of nitrogens with one attached hydrogen (secondary N) is 1. The summed E-state index contributed by atoms with van der Waals surface area (Å²) in [5.41, 5.74) is 6.84. The lowest BCUT2D eigenvalue weighted by molar-refractivity contribution is -0.138. The van der Waals surface area contributed by atoms with Gasteiger partial charge in [-0.25, -0.2) is 0 Å². The van der Waals surface area contributed by atoms with E-state index in [1.165, 1.54) is 6.08 Å². The van der Waals surface area contributed by atoms with Crippen LogP contribution < -0.4 is 11.1 Å². The van der Waals surface area contributed by atoms with Crippen LogP contribution in [0, 0.1) is 0 Å². The molecule has 0 spiro atoms. The number of carbonyl (C=O) groups is 2. The van der Waals surface area contributed by atoms with Gasteiger partial charge < -0.3 is 16.2 Å². The number of hydrogen-bond donors (Lipinski definition) is 3. The number of nitrogens with two attached hydrogens (primary N) is 1. The molecule has 0 fully saturated rings. The van der Waals surface area contributed by atoms with Crippen LogP contribution in [0.1, 0.15) is 5.56 Å². The molecule has 0 saturated carbocycles. The molecule has 5 nitrogen and oxygen atoms in total. The third kappa shape index (κ3) is 4.08. The highest BCUT2D eigenvalue weighted by Gasteiger charge is 2.11. The molecule has 1 atom stereocenters. The Morgan fingerprint density at radius 1 is 1.41 bits per heavy atom.